The van der Waals surface area contributed by atoms with Crippen molar-refractivity contribution < 1.29 is 27.1 Å². The lowest BCUT2D eigenvalue weighted by atomic mass is 9.80. The van der Waals surface area contributed by atoms with Gasteiger partial charge in [-0.1, -0.05) is 17.7 Å². The first-order chi connectivity index (χ1) is 23.7. The van der Waals surface area contributed by atoms with Crippen LogP contribution in [0.4, 0.5) is 5.69 Å². The summed E-state index contributed by atoms with van der Waals surface area (Å²) >= 11 is 6.72. The van der Waals surface area contributed by atoms with E-state index in [1.807, 2.05) is 30.0 Å². The number of oxazole rings is 1. The zero-order chi connectivity index (χ0) is 34.3. The Morgan fingerprint density at radius 2 is 1.78 bits per heavy atom. The summed E-state index contributed by atoms with van der Waals surface area (Å²) in [6, 6.07) is 16.5. The second-order valence-corrected chi connectivity index (χ2v) is 14.9. The minimum Gasteiger partial charge on any atom is -0.496 e. The molecule has 1 aromatic heterocycles. The molecule has 4 heterocycles. The summed E-state index contributed by atoms with van der Waals surface area (Å²) in [5, 5.41) is 0.371. The van der Waals surface area contributed by atoms with Crippen molar-refractivity contribution in [3.05, 3.63) is 101 Å². The quantitative estimate of drug-likeness (QED) is 0.216. The number of likely N-dealkylation sites (N-methyl/N-ethyl adjacent to an activating group) is 1. The molecule has 2 atom stereocenters. The van der Waals surface area contributed by atoms with E-state index >= 15 is 4.79 Å². The van der Waals surface area contributed by atoms with Gasteiger partial charge in [0.1, 0.15) is 17.8 Å². The van der Waals surface area contributed by atoms with Crippen molar-refractivity contribution in [2.45, 2.75) is 42.8 Å². The van der Waals surface area contributed by atoms with Gasteiger partial charge in [-0.3, -0.25) is 14.6 Å². The van der Waals surface area contributed by atoms with Crippen LogP contribution in [0.5, 0.6) is 11.5 Å². The van der Waals surface area contributed by atoms with E-state index in [1.165, 1.54) is 18.4 Å². The SMILES string of the molecule is CCOc1ccc(S(=O)(=O)N2C(=O)C(c3cc(CN4CCN(C)CC4)ccc3OC)(N3CCC[C@H]3c3ncco3)c3cc(Cl)ccc32)cc1. The first-order valence-corrected chi connectivity index (χ1v) is 18.4. The van der Waals surface area contributed by atoms with E-state index in [-0.39, 0.29) is 10.6 Å². The number of benzene rings is 3. The number of ether oxygens (including phenoxy) is 2. The average Bonchev–Trinajstić information content (AvgIpc) is 3.85. The zero-order valence-corrected chi connectivity index (χ0v) is 29.4. The standard InChI is InChI=1S/C36H40ClN5O6S/c1-4-47-27-9-11-28(12-10-27)49(44,45)42-31-13-8-26(37)23-29(31)36(35(42)43,41-16-5-6-32(41)34-38-15-21-48-34)30-22-25(7-14-33(30)46-3)24-40-19-17-39(2)18-20-40/h7-15,21-23,32H,4-6,16-20,24H2,1-3H3/t32-,36?/m0/s1. The number of halogens is 1. The Morgan fingerprint density at radius 3 is 2.47 bits per heavy atom. The summed E-state index contributed by atoms with van der Waals surface area (Å²) in [4.78, 5) is 26.8. The monoisotopic (exact) mass is 705 g/mol. The highest BCUT2D eigenvalue weighted by Crippen LogP contribution is 2.57. The number of fused-ring (bicyclic) bond motifs is 1. The van der Waals surface area contributed by atoms with Crippen LogP contribution in [0.2, 0.25) is 5.02 Å². The number of piperazine rings is 1. The number of anilines is 1. The van der Waals surface area contributed by atoms with E-state index in [9.17, 15) is 8.42 Å². The lowest BCUT2D eigenvalue weighted by molar-refractivity contribution is -0.127. The van der Waals surface area contributed by atoms with Crippen LogP contribution in [0.25, 0.3) is 0 Å². The Kier molecular flexibility index (Phi) is 9.18. The smallest absolute Gasteiger partial charge is 0.271 e. The van der Waals surface area contributed by atoms with E-state index in [4.69, 9.17) is 25.5 Å². The van der Waals surface area contributed by atoms with E-state index in [1.54, 1.807) is 43.6 Å². The van der Waals surface area contributed by atoms with Crippen LogP contribution in [0, 0.1) is 0 Å². The highest BCUT2D eigenvalue weighted by Gasteiger charge is 2.62. The van der Waals surface area contributed by atoms with Gasteiger partial charge >= 0.3 is 0 Å². The summed E-state index contributed by atoms with van der Waals surface area (Å²) in [7, 11) is -0.734. The van der Waals surface area contributed by atoms with Crippen molar-refractivity contribution in [2.75, 3.05) is 57.8 Å². The summed E-state index contributed by atoms with van der Waals surface area (Å²) < 4.78 is 47.7. The third-order valence-corrected chi connectivity index (χ3v) is 11.8. The normalized spacial score (nSPS) is 22.1. The maximum Gasteiger partial charge on any atom is 0.271 e. The Labute approximate surface area is 292 Å². The Morgan fingerprint density at radius 1 is 1.00 bits per heavy atom. The molecule has 258 valence electrons. The van der Waals surface area contributed by atoms with Crippen molar-refractivity contribution in [1.29, 1.82) is 0 Å². The molecule has 0 spiro atoms. The number of aromatic nitrogens is 1. The fraction of sp³-hybridized carbons (Fsp3) is 0.389. The first-order valence-electron chi connectivity index (χ1n) is 16.6. The molecule has 0 aliphatic carbocycles. The van der Waals surface area contributed by atoms with Crippen LogP contribution in [0.3, 0.4) is 0 Å². The molecular formula is C36H40ClN5O6S. The second-order valence-electron chi connectivity index (χ2n) is 12.7. The van der Waals surface area contributed by atoms with E-state index < -0.39 is 27.5 Å². The van der Waals surface area contributed by atoms with Gasteiger partial charge in [-0.15, -0.1) is 0 Å². The molecule has 3 aliphatic heterocycles. The number of nitrogens with zero attached hydrogens (tertiary/aromatic N) is 5. The molecule has 7 rings (SSSR count). The summed E-state index contributed by atoms with van der Waals surface area (Å²) in [6.07, 6.45) is 4.48. The van der Waals surface area contributed by atoms with Gasteiger partial charge in [0, 0.05) is 55.4 Å². The van der Waals surface area contributed by atoms with Gasteiger partial charge in [-0.05, 0) is 87.0 Å². The maximum absolute atomic E-state index is 15.6. The summed E-state index contributed by atoms with van der Waals surface area (Å²) in [5.41, 5.74) is 0.548. The topological polar surface area (TPSA) is 109 Å². The molecule has 49 heavy (non-hydrogen) atoms. The number of carbonyl (C=O) groups excluding carboxylic acids is 1. The molecule has 0 bridgehead atoms. The predicted molar refractivity (Wildman–Crippen MR) is 185 cm³/mol. The van der Waals surface area contributed by atoms with Crippen LogP contribution in [0.1, 0.15) is 48.4 Å². The Hall–Kier alpha value is -3.94. The second kappa shape index (κ2) is 13.4. The molecule has 2 fully saturated rings. The Balaban J connectivity index is 1.45. The van der Waals surface area contributed by atoms with E-state index in [0.717, 1.165) is 42.5 Å². The van der Waals surface area contributed by atoms with Crippen molar-refractivity contribution in [3.63, 3.8) is 0 Å². The lowest BCUT2D eigenvalue weighted by Gasteiger charge is -2.41. The van der Waals surface area contributed by atoms with Crippen LogP contribution in [-0.4, -0.2) is 87.5 Å². The van der Waals surface area contributed by atoms with Crippen LogP contribution in [-0.2, 0) is 26.9 Å². The lowest BCUT2D eigenvalue weighted by Crippen LogP contribution is -2.54. The molecule has 0 N–H and O–H groups in total. The Bertz CT molecular complexity index is 1930. The molecule has 0 radical (unpaired) electrons. The number of hydrogen-bond acceptors (Lipinski definition) is 10. The molecule has 3 aromatic carbocycles. The van der Waals surface area contributed by atoms with Gasteiger partial charge < -0.3 is 18.8 Å². The molecule has 3 aliphatic rings. The van der Waals surface area contributed by atoms with Gasteiger partial charge in [0.15, 0.2) is 5.54 Å². The van der Waals surface area contributed by atoms with Crippen molar-refractivity contribution in [2.24, 2.45) is 0 Å². The average molecular weight is 706 g/mol. The first kappa shape index (κ1) is 33.6. The summed E-state index contributed by atoms with van der Waals surface area (Å²) in [6.45, 7) is 7.16. The number of carbonyl (C=O) groups is 1. The highest BCUT2D eigenvalue weighted by atomic mass is 35.5. The number of likely N-dealkylation sites (tertiary alicyclic amines) is 1. The van der Waals surface area contributed by atoms with Gasteiger partial charge in [0.2, 0.25) is 5.89 Å². The third kappa shape index (κ3) is 5.79. The minimum absolute atomic E-state index is 0.0394. The third-order valence-electron chi connectivity index (χ3n) is 9.81. The van der Waals surface area contributed by atoms with Gasteiger partial charge in [-0.2, -0.15) is 0 Å². The molecular weight excluding hydrogens is 666 g/mol. The molecule has 2 saturated heterocycles. The van der Waals surface area contributed by atoms with Gasteiger partial charge in [-0.25, -0.2) is 17.7 Å². The molecule has 1 unspecified atom stereocenters. The predicted octanol–water partition coefficient (Wildman–Crippen LogP) is 5.30. The molecule has 13 heteroatoms. The number of hydrogen-bond donors (Lipinski definition) is 0. The van der Waals surface area contributed by atoms with E-state index in [2.05, 4.69) is 21.8 Å². The molecule has 1 amide bonds. The zero-order valence-electron chi connectivity index (χ0n) is 27.8. The largest absolute Gasteiger partial charge is 0.496 e. The maximum atomic E-state index is 15.6. The van der Waals surface area contributed by atoms with Crippen molar-refractivity contribution in [3.8, 4) is 11.5 Å². The molecule has 11 nitrogen and oxygen atoms in total. The van der Waals surface area contributed by atoms with Crippen LogP contribution in [0.15, 0.2) is 82.4 Å². The van der Waals surface area contributed by atoms with E-state index in [0.29, 0.717) is 59.7 Å². The fourth-order valence-electron chi connectivity index (χ4n) is 7.48. The number of methoxy groups -OCH3 is 1. The highest BCUT2D eigenvalue weighted by molar-refractivity contribution is 7.93. The van der Waals surface area contributed by atoms with Crippen molar-refractivity contribution >= 4 is 33.2 Å². The van der Waals surface area contributed by atoms with Crippen LogP contribution >= 0.6 is 11.6 Å². The number of sulfonamides is 1. The number of rotatable bonds is 10. The molecule has 0 saturated carbocycles. The van der Waals surface area contributed by atoms with Crippen molar-refractivity contribution in [1.82, 2.24) is 19.7 Å². The van der Waals surface area contributed by atoms with Gasteiger partial charge in [0.25, 0.3) is 15.9 Å². The summed E-state index contributed by atoms with van der Waals surface area (Å²) in [5.74, 6) is 0.795. The fourth-order valence-corrected chi connectivity index (χ4v) is 9.11. The minimum atomic E-state index is -4.42. The number of amides is 1. The van der Waals surface area contributed by atoms with Gasteiger partial charge in [0.05, 0.1) is 36.5 Å². The van der Waals surface area contributed by atoms with Crippen LogP contribution < -0.4 is 13.8 Å². The molecule has 4 aromatic rings.